The molecular weight excluding hydrogens is 291 g/mol. The topological polar surface area (TPSA) is 110 Å². The molecule has 0 spiro atoms. The standard InChI is InChI=1S/C7H18N2O.C3HF5O2/c8-5-1-3-7(9)4-2-6-10;4-2(5,1(9)10)3(6,7)8/h7,10H,1-6,8-9H2;(H,9,10). The molecule has 0 rings (SSSR count). The summed E-state index contributed by atoms with van der Waals surface area (Å²) in [6.07, 6.45) is -2.32. The third-order valence-corrected chi connectivity index (χ3v) is 2.14. The number of hydrogen-bond donors (Lipinski definition) is 4. The summed E-state index contributed by atoms with van der Waals surface area (Å²) in [5.41, 5.74) is 11.0. The van der Waals surface area contributed by atoms with Crippen LogP contribution in [-0.2, 0) is 4.79 Å². The number of carbonyl (C=O) groups is 1. The molecule has 6 N–H and O–H groups in total. The van der Waals surface area contributed by atoms with Crippen molar-refractivity contribution in [2.24, 2.45) is 11.5 Å². The van der Waals surface area contributed by atoms with Crippen LogP contribution in [0.3, 0.4) is 0 Å². The molecule has 0 amide bonds. The van der Waals surface area contributed by atoms with Crippen LogP contribution in [0.15, 0.2) is 0 Å². The number of carboxylic acids is 1. The van der Waals surface area contributed by atoms with E-state index in [-0.39, 0.29) is 12.6 Å². The highest BCUT2D eigenvalue weighted by Gasteiger charge is 2.64. The first-order chi connectivity index (χ1) is 9.00. The second kappa shape index (κ2) is 9.83. The van der Waals surface area contributed by atoms with Gasteiger partial charge in [-0.1, -0.05) is 0 Å². The van der Waals surface area contributed by atoms with Gasteiger partial charge in [0, 0.05) is 12.6 Å². The second-order valence-electron chi connectivity index (χ2n) is 3.93. The minimum atomic E-state index is -6.02. The van der Waals surface area contributed by atoms with Crippen LogP contribution < -0.4 is 11.5 Å². The number of carboxylic acid groups (broad SMARTS) is 1. The normalized spacial score (nSPS) is 13.4. The van der Waals surface area contributed by atoms with Crippen molar-refractivity contribution in [1.29, 1.82) is 0 Å². The Morgan fingerprint density at radius 1 is 1.10 bits per heavy atom. The Labute approximate surface area is 112 Å². The fourth-order valence-electron chi connectivity index (χ4n) is 0.999. The maximum absolute atomic E-state index is 11.3. The summed E-state index contributed by atoms with van der Waals surface area (Å²) in [5.74, 6) is -8.84. The van der Waals surface area contributed by atoms with Crippen molar-refractivity contribution in [1.82, 2.24) is 0 Å². The molecule has 0 aromatic rings. The smallest absolute Gasteiger partial charge is 0.465 e. The lowest BCUT2D eigenvalue weighted by atomic mass is 10.1. The van der Waals surface area contributed by atoms with Gasteiger partial charge in [0.05, 0.1) is 0 Å². The molecule has 0 heterocycles. The molecule has 1 unspecified atom stereocenters. The van der Waals surface area contributed by atoms with Crippen molar-refractivity contribution in [3.8, 4) is 0 Å². The van der Waals surface area contributed by atoms with Gasteiger partial charge < -0.3 is 21.7 Å². The van der Waals surface area contributed by atoms with Gasteiger partial charge in [0.15, 0.2) is 0 Å². The fraction of sp³-hybridized carbons (Fsp3) is 0.900. The molecule has 1 atom stereocenters. The van der Waals surface area contributed by atoms with Crippen molar-refractivity contribution in [2.75, 3.05) is 13.2 Å². The fourth-order valence-corrected chi connectivity index (χ4v) is 0.999. The average Bonchev–Trinajstić information content (AvgIpc) is 2.33. The maximum Gasteiger partial charge on any atom is 0.465 e. The predicted molar refractivity (Wildman–Crippen MR) is 61.2 cm³/mol. The highest BCUT2D eigenvalue weighted by atomic mass is 19.4. The van der Waals surface area contributed by atoms with Crippen LogP contribution in [0.1, 0.15) is 25.7 Å². The molecule has 0 radical (unpaired) electrons. The highest BCUT2D eigenvalue weighted by molar-refractivity contribution is 5.76. The summed E-state index contributed by atoms with van der Waals surface area (Å²) in [5, 5.41) is 15.8. The summed E-state index contributed by atoms with van der Waals surface area (Å²) < 4.78 is 55.5. The van der Waals surface area contributed by atoms with E-state index in [0.29, 0.717) is 6.54 Å². The lowest BCUT2D eigenvalue weighted by molar-refractivity contribution is -0.277. The average molecular weight is 310 g/mol. The zero-order chi connectivity index (χ0) is 16.4. The number of halogens is 5. The number of alkyl halides is 5. The van der Waals surface area contributed by atoms with Gasteiger partial charge in [-0.15, -0.1) is 0 Å². The molecule has 0 aliphatic rings. The van der Waals surface area contributed by atoms with E-state index >= 15 is 0 Å². The van der Waals surface area contributed by atoms with Crippen molar-refractivity contribution < 1.29 is 37.0 Å². The van der Waals surface area contributed by atoms with Crippen molar-refractivity contribution in [2.45, 2.75) is 43.8 Å². The monoisotopic (exact) mass is 310 g/mol. The van der Waals surface area contributed by atoms with E-state index in [4.69, 9.17) is 21.7 Å². The van der Waals surface area contributed by atoms with Crippen LogP contribution in [-0.4, -0.2) is 47.5 Å². The largest absolute Gasteiger partial charge is 0.477 e. The van der Waals surface area contributed by atoms with E-state index < -0.39 is 18.1 Å². The van der Waals surface area contributed by atoms with E-state index in [1.165, 1.54) is 0 Å². The van der Waals surface area contributed by atoms with Gasteiger partial charge >= 0.3 is 18.1 Å². The minimum Gasteiger partial charge on any atom is -0.477 e. The summed E-state index contributed by atoms with van der Waals surface area (Å²) in [6, 6.07) is 0.232. The molecule has 5 nitrogen and oxygen atoms in total. The van der Waals surface area contributed by atoms with E-state index in [0.717, 1.165) is 25.7 Å². The molecule has 20 heavy (non-hydrogen) atoms. The molecule has 0 fully saturated rings. The van der Waals surface area contributed by atoms with Gasteiger partial charge in [0.2, 0.25) is 0 Å². The summed E-state index contributed by atoms with van der Waals surface area (Å²) in [6.45, 7) is 0.961. The number of hydrogen-bond acceptors (Lipinski definition) is 4. The number of aliphatic carboxylic acids is 1. The third kappa shape index (κ3) is 8.99. The van der Waals surface area contributed by atoms with Gasteiger partial charge in [0.1, 0.15) is 0 Å². The first kappa shape index (κ1) is 21.3. The zero-order valence-electron chi connectivity index (χ0n) is 10.7. The summed E-state index contributed by atoms with van der Waals surface area (Å²) in [4.78, 5) is 9.20. The van der Waals surface area contributed by atoms with Gasteiger partial charge in [-0.3, -0.25) is 0 Å². The quantitative estimate of drug-likeness (QED) is 0.526. The SMILES string of the molecule is NCCCC(N)CCCO.O=C(O)C(F)(F)C(F)(F)F. The van der Waals surface area contributed by atoms with Crippen molar-refractivity contribution in [3.63, 3.8) is 0 Å². The van der Waals surface area contributed by atoms with Crippen molar-refractivity contribution >= 4 is 5.97 Å². The molecule has 0 aromatic carbocycles. The second-order valence-corrected chi connectivity index (χ2v) is 3.93. The molecule has 122 valence electrons. The molecular formula is C10H19F5N2O3. The maximum atomic E-state index is 11.3. The lowest BCUT2D eigenvalue weighted by Crippen LogP contribution is -2.43. The van der Waals surface area contributed by atoms with Crippen molar-refractivity contribution in [3.05, 3.63) is 0 Å². The predicted octanol–water partition coefficient (Wildman–Crippen LogP) is 1.09. The highest BCUT2D eigenvalue weighted by Crippen LogP contribution is 2.35. The summed E-state index contributed by atoms with van der Waals surface area (Å²) in [7, 11) is 0. The first-order valence-electron chi connectivity index (χ1n) is 5.75. The van der Waals surface area contributed by atoms with Crippen LogP contribution in [0.4, 0.5) is 22.0 Å². The van der Waals surface area contributed by atoms with E-state index in [1.54, 1.807) is 0 Å². The first-order valence-corrected chi connectivity index (χ1v) is 5.75. The third-order valence-electron chi connectivity index (χ3n) is 2.14. The van der Waals surface area contributed by atoms with E-state index in [1.807, 2.05) is 0 Å². The van der Waals surface area contributed by atoms with Gasteiger partial charge in [-0.05, 0) is 32.2 Å². The van der Waals surface area contributed by atoms with Gasteiger partial charge in [-0.2, -0.15) is 22.0 Å². The van der Waals surface area contributed by atoms with Gasteiger partial charge in [0.25, 0.3) is 0 Å². The van der Waals surface area contributed by atoms with Crippen LogP contribution in [0.25, 0.3) is 0 Å². The Morgan fingerprint density at radius 2 is 1.55 bits per heavy atom. The Morgan fingerprint density at radius 3 is 1.80 bits per heavy atom. The lowest BCUT2D eigenvalue weighted by Gasteiger charge is -2.13. The molecule has 0 saturated heterocycles. The Bertz CT molecular complexity index is 266. The Balaban J connectivity index is 0. The molecule has 0 bridgehead atoms. The number of aliphatic hydroxyl groups is 1. The molecule has 0 saturated carbocycles. The Kier molecular flexibility index (Phi) is 10.5. The number of nitrogens with two attached hydrogens (primary N) is 2. The Hall–Kier alpha value is -1.00. The number of rotatable bonds is 7. The minimum absolute atomic E-state index is 0.232. The molecule has 0 aromatic heterocycles. The van der Waals surface area contributed by atoms with E-state index in [2.05, 4.69) is 0 Å². The zero-order valence-corrected chi connectivity index (χ0v) is 10.7. The van der Waals surface area contributed by atoms with Crippen LogP contribution in [0.2, 0.25) is 0 Å². The molecule has 0 aliphatic heterocycles. The molecule has 10 heteroatoms. The van der Waals surface area contributed by atoms with Crippen LogP contribution in [0, 0.1) is 0 Å². The van der Waals surface area contributed by atoms with Crippen LogP contribution >= 0.6 is 0 Å². The molecule has 0 aliphatic carbocycles. The number of aliphatic hydroxyl groups excluding tert-OH is 1. The van der Waals surface area contributed by atoms with Gasteiger partial charge in [-0.25, -0.2) is 4.79 Å². The summed E-state index contributed by atoms with van der Waals surface area (Å²) >= 11 is 0. The van der Waals surface area contributed by atoms with Crippen LogP contribution in [0.5, 0.6) is 0 Å². The van der Waals surface area contributed by atoms with E-state index in [9.17, 15) is 26.7 Å².